The van der Waals surface area contributed by atoms with E-state index in [2.05, 4.69) is 22.3 Å². The second-order valence-electron chi connectivity index (χ2n) is 6.40. The molecule has 25 heavy (non-hydrogen) atoms. The quantitative estimate of drug-likeness (QED) is 0.870. The first kappa shape index (κ1) is 17.8. The molecule has 132 valence electrons. The van der Waals surface area contributed by atoms with Crippen LogP contribution in [0, 0.1) is 5.92 Å². The lowest BCUT2D eigenvalue weighted by Gasteiger charge is -2.31. The molecule has 1 saturated heterocycles. The third kappa shape index (κ3) is 4.97. The van der Waals surface area contributed by atoms with E-state index in [1.807, 2.05) is 36.4 Å². The first-order valence-corrected chi connectivity index (χ1v) is 8.93. The SMILES string of the molecule is COc1cccc(NC(=O)C2CCN(Cc3ccc(Cl)cc3)CC2)c1. The van der Waals surface area contributed by atoms with Crippen LogP contribution in [0.4, 0.5) is 5.69 Å². The van der Waals surface area contributed by atoms with Crippen molar-refractivity contribution in [3.05, 3.63) is 59.1 Å². The summed E-state index contributed by atoms with van der Waals surface area (Å²) >= 11 is 5.93. The number of likely N-dealkylation sites (tertiary alicyclic amines) is 1. The summed E-state index contributed by atoms with van der Waals surface area (Å²) in [6.07, 6.45) is 1.76. The molecule has 5 heteroatoms. The van der Waals surface area contributed by atoms with Gasteiger partial charge in [-0.2, -0.15) is 0 Å². The monoisotopic (exact) mass is 358 g/mol. The van der Waals surface area contributed by atoms with E-state index in [4.69, 9.17) is 16.3 Å². The van der Waals surface area contributed by atoms with Gasteiger partial charge in [0.2, 0.25) is 5.91 Å². The van der Waals surface area contributed by atoms with E-state index in [1.54, 1.807) is 7.11 Å². The molecule has 2 aromatic carbocycles. The molecule has 3 rings (SSSR count). The van der Waals surface area contributed by atoms with Crippen molar-refractivity contribution in [1.29, 1.82) is 0 Å². The Morgan fingerprint density at radius 3 is 2.60 bits per heavy atom. The van der Waals surface area contributed by atoms with Crippen molar-refractivity contribution in [2.45, 2.75) is 19.4 Å². The van der Waals surface area contributed by atoms with Gasteiger partial charge < -0.3 is 10.1 Å². The molecule has 0 unspecified atom stereocenters. The third-order valence-corrected chi connectivity index (χ3v) is 4.87. The normalized spacial score (nSPS) is 15.8. The Morgan fingerprint density at radius 1 is 1.20 bits per heavy atom. The number of rotatable bonds is 5. The minimum absolute atomic E-state index is 0.0627. The third-order valence-electron chi connectivity index (χ3n) is 4.62. The van der Waals surface area contributed by atoms with E-state index < -0.39 is 0 Å². The van der Waals surface area contributed by atoms with Crippen molar-refractivity contribution in [2.75, 3.05) is 25.5 Å². The minimum atomic E-state index is 0.0627. The van der Waals surface area contributed by atoms with Crippen molar-refractivity contribution < 1.29 is 9.53 Å². The van der Waals surface area contributed by atoms with E-state index in [0.29, 0.717) is 0 Å². The highest BCUT2D eigenvalue weighted by molar-refractivity contribution is 6.30. The Kier molecular flexibility index (Phi) is 5.95. The Labute approximate surface area is 153 Å². The predicted molar refractivity (Wildman–Crippen MR) is 101 cm³/mol. The molecule has 1 heterocycles. The van der Waals surface area contributed by atoms with Crippen LogP contribution in [0.3, 0.4) is 0 Å². The van der Waals surface area contributed by atoms with Crippen molar-refractivity contribution in [3.63, 3.8) is 0 Å². The number of nitrogens with zero attached hydrogens (tertiary/aromatic N) is 1. The minimum Gasteiger partial charge on any atom is -0.497 e. The number of carbonyl (C=O) groups excluding carboxylic acids is 1. The van der Waals surface area contributed by atoms with Crippen LogP contribution in [-0.4, -0.2) is 31.0 Å². The summed E-state index contributed by atoms with van der Waals surface area (Å²) in [5.41, 5.74) is 2.04. The summed E-state index contributed by atoms with van der Waals surface area (Å²) in [5.74, 6) is 0.905. The smallest absolute Gasteiger partial charge is 0.227 e. The van der Waals surface area contributed by atoms with E-state index >= 15 is 0 Å². The van der Waals surface area contributed by atoms with Crippen molar-refractivity contribution in [3.8, 4) is 5.75 Å². The molecule has 1 amide bonds. The molecule has 1 aliphatic heterocycles. The summed E-state index contributed by atoms with van der Waals surface area (Å²) in [4.78, 5) is 14.9. The van der Waals surface area contributed by atoms with Crippen LogP contribution in [0.15, 0.2) is 48.5 Å². The van der Waals surface area contributed by atoms with E-state index in [-0.39, 0.29) is 11.8 Å². The Balaban J connectivity index is 1.49. The van der Waals surface area contributed by atoms with Crippen LogP contribution in [0.25, 0.3) is 0 Å². The van der Waals surface area contributed by atoms with Gasteiger partial charge in [0, 0.05) is 29.2 Å². The fraction of sp³-hybridized carbons (Fsp3) is 0.350. The number of methoxy groups -OCH3 is 1. The second-order valence-corrected chi connectivity index (χ2v) is 6.83. The number of hydrogen-bond acceptors (Lipinski definition) is 3. The summed E-state index contributed by atoms with van der Waals surface area (Å²) in [6, 6.07) is 15.4. The van der Waals surface area contributed by atoms with Crippen molar-refractivity contribution in [2.24, 2.45) is 5.92 Å². The maximum atomic E-state index is 12.5. The topological polar surface area (TPSA) is 41.6 Å². The molecule has 1 aliphatic rings. The zero-order valence-electron chi connectivity index (χ0n) is 14.4. The number of amides is 1. The van der Waals surface area contributed by atoms with Gasteiger partial charge in [0.1, 0.15) is 5.75 Å². The number of benzene rings is 2. The second kappa shape index (κ2) is 8.37. The van der Waals surface area contributed by atoms with Gasteiger partial charge in [0.05, 0.1) is 7.11 Å². The van der Waals surface area contributed by atoms with E-state index in [1.165, 1.54) is 5.56 Å². The number of nitrogens with one attached hydrogen (secondary N) is 1. The first-order valence-electron chi connectivity index (χ1n) is 8.56. The van der Waals surface area contributed by atoms with Gasteiger partial charge in [-0.15, -0.1) is 0 Å². The number of halogens is 1. The Morgan fingerprint density at radius 2 is 1.92 bits per heavy atom. The average Bonchev–Trinajstić information content (AvgIpc) is 2.64. The molecule has 0 saturated carbocycles. The fourth-order valence-corrected chi connectivity index (χ4v) is 3.27. The summed E-state index contributed by atoms with van der Waals surface area (Å²) in [7, 11) is 1.62. The van der Waals surface area contributed by atoms with E-state index in [0.717, 1.165) is 48.9 Å². The molecule has 1 N–H and O–H groups in total. The molecule has 0 spiro atoms. The molecular formula is C20H23ClN2O2. The van der Waals surface area contributed by atoms with Gasteiger partial charge in [0.15, 0.2) is 0 Å². The van der Waals surface area contributed by atoms with Crippen LogP contribution in [0.2, 0.25) is 5.02 Å². The predicted octanol–water partition coefficient (Wildman–Crippen LogP) is 4.20. The molecule has 2 aromatic rings. The largest absolute Gasteiger partial charge is 0.497 e. The molecule has 0 atom stereocenters. The van der Waals surface area contributed by atoms with Crippen molar-refractivity contribution >= 4 is 23.2 Å². The van der Waals surface area contributed by atoms with Crippen LogP contribution in [0.5, 0.6) is 5.75 Å². The number of carbonyl (C=O) groups is 1. The van der Waals surface area contributed by atoms with Gasteiger partial charge in [0.25, 0.3) is 0 Å². The molecule has 4 nitrogen and oxygen atoms in total. The molecule has 0 aliphatic carbocycles. The highest BCUT2D eigenvalue weighted by atomic mass is 35.5. The van der Waals surface area contributed by atoms with Gasteiger partial charge >= 0.3 is 0 Å². The molecular weight excluding hydrogens is 336 g/mol. The molecule has 0 radical (unpaired) electrons. The van der Waals surface area contributed by atoms with Gasteiger partial charge in [-0.05, 0) is 55.8 Å². The Bertz CT molecular complexity index is 710. The molecule has 0 bridgehead atoms. The maximum Gasteiger partial charge on any atom is 0.227 e. The van der Waals surface area contributed by atoms with Crippen LogP contribution in [0.1, 0.15) is 18.4 Å². The lowest BCUT2D eigenvalue weighted by Crippen LogP contribution is -2.37. The van der Waals surface area contributed by atoms with Crippen LogP contribution >= 0.6 is 11.6 Å². The van der Waals surface area contributed by atoms with Gasteiger partial charge in [-0.3, -0.25) is 9.69 Å². The molecule has 1 fully saturated rings. The summed E-state index contributed by atoms with van der Waals surface area (Å²) in [6.45, 7) is 2.76. The number of piperidine rings is 1. The summed E-state index contributed by atoms with van der Waals surface area (Å²) in [5, 5.41) is 3.77. The molecule has 0 aromatic heterocycles. The van der Waals surface area contributed by atoms with Gasteiger partial charge in [-0.25, -0.2) is 0 Å². The number of anilines is 1. The van der Waals surface area contributed by atoms with Gasteiger partial charge in [-0.1, -0.05) is 29.8 Å². The lowest BCUT2D eigenvalue weighted by molar-refractivity contribution is -0.121. The van der Waals surface area contributed by atoms with E-state index in [9.17, 15) is 4.79 Å². The highest BCUT2D eigenvalue weighted by Crippen LogP contribution is 2.23. The maximum absolute atomic E-state index is 12.5. The number of ether oxygens (including phenoxy) is 1. The van der Waals surface area contributed by atoms with Crippen LogP contribution in [-0.2, 0) is 11.3 Å². The summed E-state index contributed by atoms with van der Waals surface area (Å²) < 4.78 is 5.19. The zero-order chi connectivity index (χ0) is 17.6. The first-order chi connectivity index (χ1) is 12.1. The lowest BCUT2D eigenvalue weighted by atomic mass is 9.95. The average molecular weight is 359 g/mol. The Hall–Kier alpha value is -2.04. The standard InChI is InChI=1S/C20H23ClN2O2/c1-25-19-4-2-3-18(13-19)22-20(24)16-9-11-23(12-10-16)14-15-5-7-17(21)8-6-15/h2-8,13,16H,9-12,14H2,1H3,(H,22,24). The van der Waals surface area contributed by atoms with Crippen molar-refractivity contribution in [1.82, 2.24) is 4.90 Å². The fourth-order valence-electron chi connectivity index (χ4n) is 3.15. The van der Waals surface area contributed by atoms with Crippen LogP contribution < -0.4 is 10.1 Å². The highest BCUT2D eigenvalue weighted by Gasteiger charge is 2.25. The number of hydrogen-bond donors (Lipinski definition) is 1. The zero-order valence-corrected chi connectivity index (χ0v) is 15.1.